The molecule has 0 atom stereocenters. The van der Waals surface area contributed by atoms with Crippen LogP contribution in [-0.2, 0) is 24.2 Å². The average Bonchev–Trinajstić information content (AvgIpc) is 3.14. The summed E-state index contributed by atoms with van der Waals surface area (Å²) in [5, 5.41) is 9.16. The highest BCUT2D eigenvalue weighted by molar-refractivity contribution is 7.15. The van der Waals surface area contributed by atoms with Crippen LogP contribution in [0.1, 0.15) is 30.0 Å². The molecule has 0 fully saturated rings. The van der Waals surface area contributed by atoms with Crippen LogP contribution in [0.5, 0.6) is 11.5 Å². The first-order valence-corrected chi connectivity index (χ1v) is 11.5. The van der Waals surface area contributed by atoms with E-state index in [-0.39, 0.29) is 18.0 Å². The lowest BCUT2D eigenvalue weighted by Crippen LogP contribution is -2.40. The van der Waals surface area contributed by atoms with Crippen molar-refractivity contribution in [1.29, 1.82) is 0 Å². The van der Waals surface area contributed by atoms with Crippen molar-refractivity contribution in [3.8, 4) is 11.5 Å². The van der Waals surface area contributed by atoms with Gasteiger partial charge in [-0.2, -0.15) is 0 Å². The number of aromatic nitrogens is 1. The second-order valence-electron chi connectivity index (χ2n) is 7.89. The lowest BCUT2D eigenvalue weighted by Gasteiger charge is -2.25. The Hall–Kier alpha value is -2.85. The Kier molecular flexibility index (Phi) is 8.29. The molecule has 3 rings (SSSR count). The van der Waals surface area contributed by atoms with Crippen molar-refractivity contribution in [2.75, 3.05) is 39.2 Å². The van der Waals surface area contributed by atoms with E-state index in [1.165, 1.54) is 11.3 Å². The molecule has 32 heavy (non-hydrogen) atoms. The number of benzene rings is 1. The minimum Gasteiger partial charge on any atom is -0.493 e. The van der Waals surface area contributed by atoms with E-state index in [2.05, 4.69) is 25.8 Å². The molecule has 174 valence electrons. The van der Waals surface area contributed by atoms with Gasteiger partial charge in [-0.25, -0.2) is 9.78 Å². The van der Waals surface area contributed by atoms with Crippen molar-refractivity contribution in [3.63, 3.8) is 0 Å². The number of nitrogens with zero attached hydrogens (tertiary/aromatic N) is 2. The van der Waals surface area contributed by atoms with Gasteiger partial charge in [-0.15, -0.1) is 11.3 Å². The van der Waals surface area contributed by atoms with Gasteiger partial charge in [0.2, 0.25) is 5.91 Å². The van der Waals surface area contributed by atoms with Crippen LogP contribution in [-0.4, -0.2) is 61.7 Å². The van der Waals surface area contributed by atoms with Gasteiger partial charge in [-0.3, -0.25) is 15.0 Å². The smallest absolute Gasteiger partial charge is 0.321 e. The minimum absolute atomic E-state index is 0.00639. The average molecular weight is 462 g/mol. The Morgan fingerprint density at radius 2 is 2.00 bits per heavy atom. The first kappa shape index (κ1) is 23.8. The first-order valence-electron chi connectivity index (χ1n) is 10.6. The number of hydrogen-bond donors (Lipinski definition) is 3. The Labute approximate surface area is 192 Å². The van der Waals surface area contributed by atoms with E-state index >= 15 is 0 Å². The fourth-order valence-electron chi connectivity index (χ4n) is 3.47. The summed E-state index contributed by atoms with van der Waals surface area (Å²) in [6.45, 7) is 6.11. The molecule has 0 aliphatic carbocycles. The van der Waals surface area contributed by atoms with E-state index in [1.807, 2.05) is 32.0 Å². The predicted octanol–water partition coefficient (Wildman–Crippen LogP) is 2.41. The normalized spacial score (nSPS) is 13.4. The highest BCUT2D eigenvalue weighted by atomic mass is 32.1. The number of urea groups is 1. The summed E-state index contributed by atoms with van der Waals surface area (Å²) in [5.74, 6) is 1.36. The van der Waals surface area contributed by atoms with E-state index in [0.29, 0.717) is 42.7 Å². The molecule has 0 saturated heterocycles. The van der Waals surface area contributed by atoms with Crippen LogP contribution in [0.25, 0.3) is 0 Å². The number of amides is 3. The number of fused-ring (bicyclic) bond motifs is 1. The topological polar surface area (TPSA) is 105 Å². The van der Waals surface area contributed by atoms with Gasteiger partial charge in [-0.05, 0) is 38.0 Å². The summed E-state index contributed by atoms with van der Waals surface area (Å²) in [5.41, 5.74) is 2.07. The lowest BCUT2D eigenvalue weighted by molar-refractivity contribution is -0.122. The predicted molar refractivity (Wildman–Crippen MR) is 125 cm³/mol. The van der Waals surface area contributed by atoms with Crippen LogP contribution in [0.15, 0.2) is 18.2 Å². The Morgan fingerprint density at radius 1 is 1.22 bits per heavy atom. The maximum atomic E-state index is 12.4. The molecule has 0 unspecified atom stereocenters. The van der Waals surface area contributed by atoms with E-state index < -0.39 is 0 Å². The molecule has 2 aromatic rings. The van der Waals surface area contributed by atoms with Crippen molar-refractivity contribution in [3.05, 3.63) is 34.3 Å². The Bertz CT molecular complexity index is 946. The van der Waals surface area contributed by atoms with Crippen LogP contribution >= 0.6 is 11.3 Å². The third kappa shape index (κ3) is 6.57. The summed E-state index contributed by atoms with van der Waals surface area (Å²) in [6.07, 6.45) is 1.47. The van der Waals surface area contributed by atoms with Gasteiger partial charge >= 0.3 is 6.03 Å². The summed E-state index contributed by atoms with van der Waals surface area (Å²) >= 11 is 1.46. The largest absolute Gasteiger partial charge is 0.493 e. The Morgan fingerprint density at radius 3 is 2.72 bits per heavy atom. The maximum absolute atomic E-state index is 12.4. The van der Waals surface area contributed by atoms with E-state index in [0.717, 1.165) is 29.1 Å². The molecule has 1 aliphatic heterocycles. The molecule has 1 aromatic carbocycles. The van der Waals surface area contributed by atoms with Gasteiger partial charge in [-0.1, -0.05) is 6.07 Å². The molecular weight excluding hydrogens is 430 g/mol. The van der Waals surface area contributed by atoms with Crippen molar-refractivity contribution in [1.82, 2.24) is 20.5 Å². The van der Waals surface area contributed by atoms with Gasteiger partial charge in [0.15, 0.2) is 16.6 Å². The zero-order chi connectivity index (χ0) is 23.1. The monoisotopic (exact) mass is 461 g/mol. The third-order valence-corrected chi connectivity index (χ3v) is 6.00. The molecule has 1 aliphatic rings. The van der Waals surface area contributed by atoms with Crippen molar-refractivity contribution >= 4 is 28.4 Å². The summed E-state index contributed by atoms with van der Waals surface area (Å²) in [4.78, 5) is 32.0. The highest BCUT2D eigenvalue weighted by Crippen LogP contribution is 2.29. The number of carbonyl (C=O) groups excluding carboxylic acids is 2. The van der Waals surface area contributed by atoms with Crippen LogP contribution in [0, 0.1) is 0 Å². The Balaban J connectivity index is 1.44. The van der Waals surface area contributed by atoms with Gasteiger partial charge in [0.25, 0.3) is 0 Å². The van der Waals surface area contributed by atoms with Crippen molar-refractivity contribution in [2.24, 2.45) is 0 Å². The maximum Gasteiger partial charge on any atom is 0.321 e. The number of carbonyl (C=O) groups is 2. The first-order chi connectivity index (χ1) is 15.4. The van der Waals surface area contributed by atoms with Gasteiger partial charge < -0.3 is 20.1 Å². The highest BCUT2D eigenvalue weighted by Gasteiger charge is 2.23. The van der Waals surface area contributed by atoms with Crippen LogP contribution in [0.3, 0.4) is 0 Å². The molecule has 0 bridgehead atoms. The molecule has 0 radical (unpaired) electrons. The van der Waals surface area contributed by atoms with Gasteiger partial charge in [0.05, 0.1) is 26.5 Å². The number of hydrogen-bond acceptors (Lipinski definition) is 7. The lowest BCUT2D eigenvalue weighted by atomic mass is 10.1. The zero-order valence-corrected chi connectivity index (χ0v) is 19.8. The second-order valence-corrected chi connectivity index (χ2v) is 8.98. The fraction of sp³-hybridized carbons (Fsp3) is 0.500. The molecule has 3 amide bonds. The number of ether oxygens (including phenoxy) is 2. The zero-order valence-electron chi connectivity index (χ0n) is 19.0. The second kappa shape index (κ2) is 11.1. The van der Waals surface area contributed by atoms with Crippen LogP contribution in [0.2, 0.25) is 0 Å². The fourth-order valence-corrected chi connectivity index (χ4v) is 4.52. The van der Waals surface area contributed by atoms with Crippen molar-refractivity contribution in [2.45, 2.75) is 39.3 Å². The number of rotatable bonds is 9. The number of nitrogens with one attached hydrogen (secondary N) is 3. The summed E-state index contributed by atoms with van der Waals surface area (Å²) in [6, 6.07) is 5.57. The van der Waals surface area contributed by atoms with E-state index in [1.54, 1.807) is 14.2 Å². The van der Waals surface area contributed by atoms with Crippen LogP contribution < -0.4 is 25.4 Å². The number of thiazole rings is 1. The van der Waals surface area contributed by atoms with Gasteiger partial charge in [0.1, 0.15) is 0 Å². The minimum atomic E-state index is -0.253. The molecular formula is C22H31N5O4S. The third-order valence-electron chi connectivity index (χ3n) is 5.00. The molecule has 0 saturated carbocycles. The molecule has 10 heteroatoms. The molecule has 3 N–H and O–H groups in total. The quantitative estimate of drug-likeness (QED) is 0.530. The van der Waals surface area contributed by atoms with Gasteiger partial charge in [0, 0.05) is 37.0 Å². The number of anilines is 1. The molecule has 2 heterocycles. The molecule has 0 spiro atoms. The van der Waals surface area contributed by atoms with E-state index in [4.69, 9.17) is 9.47 Å². The van der Waals surface area contributed by atoms with Crippen molar-refractivity contribution < 1.29 is 19.1 Å². The number of methoxy groups -OCH3 is 2. The molecule has 9 nitrogen and oxygen atoms in total. The SMILES string of the molecule is COc1ccc(CCNC(=O)CN2CCc3nc(NC(=O)NC(C)C)sc3C2)cc1OC. The van der Waals surface area contributed by atoms with E-state index in [9.17, 15) is 9.59 Å². The van der Waals surface area contributed by atoms with Crippen LogP contribution in [0.4, 0.5) is 9.93 Å². The molecule has 1 aromatic heterocycles. The summed E-state index contributed by atoms with van der Waals surface area (Å²) < 4.78 is 10.6. The standard InChI is InChI=1S/C22H31N5O4S/c1-14(2)24-21(29)26-22-25-16-8-10-27(12-19(16)32-22)13-20(28)23-9-7-15-5-6-17(30-3)18(11-15)31-4/h5-6,11,14H,7-10,12-13H2,1-4H3,(H,23,28)(H2,24,25,26,29). The summed E-state index contributed by atoms with van der Waals surface area (Å²) in [7, 11) is 3.21.